The van der Waals surface area contributed by atoms with Gasteiger partial charge in [0.1, 0.15) is 0 Å². The Labute approximate surface area is 99.2 Å². The predicted octanol–water partition coefficient (Wildman–Crippen LogP) is 2.20. The first-order valence-corrected chi connectivity index (χ1v) is 6.27. The highest BCUT2D eigenvalue weighted by atomic mass is 16.1. The Morgan fingerprint density at radius 3 is 2.38 bits per heavy atom. The molecule has 0 radical (unpaired) electrons. The Hall–Kier alpha value is -0.570. The van der Waals surface area contributed by atoms with E-state index in [0.29, 0.717) is 6.42 Å². The molecule has 0 aromatic carbocycles. The van der Waals surface area contributed by atoms with Crippen LogP contribution in [-0.4, -0.2) is 17.5 Å². The van der Waals surface area contributed by atoms with Gasteiger partial charge in [0, 0.05) is 18.0 Å². The van der Waals surface area contributed by atoms with Gasteiger partial charge in [-0.05, 0) is 38.0 Å². The van der Waals surface area contributed by atoms with Crippen LogP contribution in [0.15, 0.2) is 0 Å². The maximum atomic E-state index is 11.8. The van der Waals surface area contributed by atoms with Crippen molar-refractivity contribution in [1.82, 2.24) is 5.32 Å². The summed E-state index contributed by atoms with van der Waals surface area (Å²) >= 11 is 0. The van der Waals surface area contributed by atoms with Crippen LogP contribution in [-0.2, 0) is 4.79 Å². The van der Waals surface area contributed by atoms with Crippen molar-refractivity contribution in [2.45, 2.75) is 71.4 Å². The molecule has 0 bridgehead atoms. The zero-order valence-electron chi connectivity index (χ0n) is 11.1. The molecular formula is C13H26N2O. The first-order chi connectivity index (χ1) is 7.20. The van der Waals surface area contributed by atoms with Crippen LogP contribution in [0, 0.1) is 5.41 Å². The first kappa shape index (κ1) is 13.5. The van der Waals surface area contributed by atoms with Gasteiger partial charge < -0.3 is 11.1 Å². The van der Waals surface area contributed by atoms with Crippen molar-refractivity contribution < 1.29 is 4.79 Å². The molecule has 1 fully saturated rings. The minimum Gasteiger partial charge on any atom is -0.351 e. The third kappa shape index (κ3) is 4.52. The second kappa shape index (κ2) is 4.74. The zero-order chi connectivity index (χ0) is 12.4. The Morgan fingerprint density at radius 1 is 1.44 bits per heavy atom. The van der Waals surface area contributed by atoms with E-state index < -0.39 is 0 Å². The molecule has 0 aliphatic heterocycles. The lowest BCUT2D eigenvalue weighted by Gasteiger charge is -2.39. The van der Waals surface area contributed by atoms with Gasteiger partial charge in [-0.2, -0.15) is 0 Å². The first-order valence-electron chi connectivity index (χ1n) is 6.27. The SMILES string of the molecule is CC(C)(C)CC(N)CC(=O)NC1(C)CCC1. The van der Waals surface area contributed by atoms with Gasteiger partial charge in [0.05, 0.1) is 0 Å². The number of nitrogens with two attached hydrogens (primary N) is 1. The van der Waals surface area contributed by atoms with Crippen molar-refractivity contribution in [3.8, 4) is 0 Å². The lowest BCUT2D eigenvalue weighted by Crippen LogP contribution is -2.52. The summed E-state index contributed by atoms with van der Waals surface area (Å²) in [5.41, 5.74) is 6.23. The highest BCUT2D eigenvalue weighted by Gasteiger charge is 2.33. The number of nitrogens with one attached hydrogen (secondary N) is 1. The number of carbonyl (C=O) groups excluding carboxylic acids is 1. The van der Waals surface area contributed by atoms with E-state index in [0.717, 1.165) is 19.3 Å². The highest BCUT2D eigenvalue weighted by Crippen LogP contribution is 2.31. The van der Waals surface area contributed by atoms with E-state index in [1.54, 1.807) is 0 Å². The van der Waals surface area contributed by atoms with E-state index in [-0.39, 0.29) is 22.9 Å². The second-order valence-electron chi connectivity index (χ2n) is 6.69. The van der Waals surface area contributed by atoms with Gasteiger partial charge in [-0.3, -0.25) is 4.79 Å². The van der Waals surface area contributed by atoms with Crippen molar-refractivity contribution >= 4 is 5.91 Å². The minimum absolute atomic E-state index is 0.0244. The molecule has 0 heterocycles. The Kier molecular flexibility index (Phi) is 4.00. The van der Waals surface area contributed by atoms with E-state index in [1.165, 1.54) is 6.42 Å². The van der Waals surface area contributed by atoms with E-state index >= 15 is 0 Å². The molecule has 0 spiro atoms. The lowest BCUT2D eigenvalue weighted by atomic mass is 9.78. The van der Waals surface area contributed by atoms with Gasteiger partial charge in [-0.1, -0.05) is 20.8 Å². The predicted molar refractivity (Wildman–Crippen MR) is 67.1 cm³/mol. The van der Waals surface area contributed by atoms with Crippen molar-refractivity contribution in [3.05, 3.63) is 0 Å². The molecule has 1 amide bonds. The number of hydrogen-bond donors (Lipinski definition) is 2. The zero-order valence-corrected chi connectivity index (χ0v) is 11.1. The third-order valence-corrected chi connectivity index (χ3v) is 3.22. The largest absolute Gasteiger partial charge is 0.351 e. The summed E-state index contributed by atoms with van der Waals surface area (Å²) in [5, 5.41) is 3.09. The van der Waals surface area contributed by atoms with Crippen LogP contribution in [0.1, 0.15) is 59.8 Å². The molecule has 1 atom stereocenters. The Bertz CT molecular complexity index is 251. The molecule has 1 rings (SSSR count). The molecule has 94 valence electrons. The van der Waals surface area contributed by atoms with Crippen molar-refractivity contribution in [2.75, 3.05) is 0 Å². The van der Waals surface area contributed by atoms with E-state index in [2.05, 4.69) is 33.0 Å². The van der Waals surface area contributed by atoms with E-state index in [9.17, 15) is 4.79 Å². The van der Waals surface area contributed by atoms with Crippen LogP contribution in [0.3, 0.4) is 0 Å². The van der Waals surface area contributed by atoms with Gasteiger partial charge in [-0.25, -0.2) is 0 Å². The fraction of sp³-hybridized carbons (Fsp3) is 0.923. The summed E-state index contributed by atoms with van der Waals surface area (Å²) in [6.07, 6.45) is 4.77. The molecule has 1 unspecified atom stereocenters. The fourth-order valence-electron chi connectivity index (χ4n) is 2.32. The smallest absolute Gasteiger partial charge is 0.221 e. The van der Waals surface area contributed by atoms with Gasteiger partial charge in [0.25, 0.3) is 0 Å². The molecular weight excluding hydrogens is 200 g/mol. The van der Waals surface area contributed by atoms with Gasteiger partial charge >= 0.3 is 0 Å². The number of carbonyl (C=O) groups is 1. The quantitative estimate of drug-likeness (QED) is 0.772. The third-order valence-electron chi connectivity index (χ3n) is 3.22. The summed E-state index contributed by atoms with van der Waals surface area (Å²) in [5.74, 6) is 0.110. The maximum Gasteiger partial charge on any atom is 0.221 e. The normalized spacial score (nSPS) is 21.1. The standard InChI is InChI=1S/C13H26N2O/c1-12(2,3)9-10(14)8-11(16)15-13(4)6-5-7-13/h10H,5-9,14H2,1-4H3,(H,15,16). The lowest BCUT2D eigenvalue weighted by molar-refractivity contribution is -0.124. The molecule has 16 heavy (non-hydrogen) atoms. The second-order valence-corrected chi connectivity index (χ2v) is 6.69. The maximum absolute atomic E-state index is 11.8. The van der Waals surface area contributed by atoms with Gasteiger partial charge in [0.2, 0.25) is 5.91 Å². The molecule has 3 heteroatoms. The summed E-state index contributed by atoms with van der Waals surface area (Å²) < 4.78 is 0. The van der Waals surface area contributed by atoms with Crippen molar-refractivity contribution in [1.29, 1.82) is 0 Å². The summed E-state index contributed by atoms with van der Waals surface area (Å²) in [4.78, 5) is 11.8. The average molecular weight is 226 g/mol. The van der Waals surface area contributed by atoms with Crippen LogP contribution < -0.4 is 11.1 Å². The van der Waals surface area contributed by atoms with E-state index in [4.69, 9.17) is 5.73 Å². The van der Waals surface area contributed by atoms with E-state index in [1.807, 2.05) is 0 Å². The molecule has 0 aromatic rings. The molecule has 1 aliphatic carbocycles. The topological polar surface area (TPSA) is 55.1 Å². The van der Waals surface area contributed by atoms with Crippen molar-refractivity contribution in [2.24, 2.45) is 11.1 Å². The van der Waals surface area contributed by atoms with Crippen LogP contribution in [0.4, 0.5) is 0 Å². The monoisotopic (exact) mass is 226 g/mol. The van der Waals surface area contributed by atoms with Gasteiger partial charge in [-0.15, -0.1) is 0 Å². The Morgan fingerprint density at radius 2 is 2.00 bits per heavy atom. The van der Waals surface area contributed by atoms with Crippen LogP contribution in [0.25, 0.3) is 0 Å². The summed E-state index contributed by atoms with van der Waals surface area (Å²) in [7, 11) is 0. The van der Waals surface area contributed by atoms with Gasteiger partial charge in [0.15, 0.2) is 0 Å². The number of rotatable bonds is 4. The average Bonchev–Trinajstić information content (AvgIpc) is 1.96. The molecule has 3 nitrogen and oxygen atoms in total. The van der Waals surface area contributed by atoms with Crippen LogP contribution >= 0.6 is 0 Å². The summed E-state index contributed by atoms with van der Waals surface area (Å²) in [6, 6.07) is -0.0244. The fourth-order valence-corrected chi connectivity index (χ4v) is 2.32. The number of amides is 1. The highest BCUT2D eigenvalue weighted by molar-refractivity contribution is 5.77. The molecule has 0 aromatic heterocycles. The summed E-state index contributed by atoms with van der Waals surface area (Å²) in [6.45, 7) is 8.57. The van der Waals surface area contributed by atoms with Crippen LogP contribution in [0.2, 0.25) is 0 Å². The molecule has 0 saturated heterocycles. The molecule has 1 aliphatic rings. The van der Waals surface area contributed by atoms with Crippen LogP contribution in [0.5, 0.6) is 0 Å². The Balaban J connectivity index is 2.28. The van der Waals surface area contributed by atoms with Crippen molar-refractivity contribution in [3.63, 3.8) is 0 Å². The number of hydrogen-bond acceptors (Lipinski definition) is 2. The molecule has 1 saturated carbocycles. The minimum atomic E-state index is -0.0244. The molecule has 3 N–H and O–H groups in total.